The average Bonchev–Trinajstić information content (AvgIpc) is 3.13. The number of halogens is 2. The molecule has 178 valence electrons. The number of carbonyl (C=O) groups excluding carboxylic acids is 3. The first-order valence-corrected chi connectivity index (χ1v) is 10.7. The third-order valence-electron chi connectivity index (χ3n) is 4.94. The molecular weight excluding hydrogens is 477 g/mol. The fourth-order valence-corrected chi connectivity index (χ4v) is 3.59. The Hall–Kier alpha value is -4.37. The van der Waals surface area contributed by atoms with E-state index in [2.05, 4.69) is 10.7 Å². The Balaban J connectivity index is 1.50. The van der Waals surface area contributed by atoms with Gasteiger partial charge in [0.2, 0.25) is 0 Å². The van der Waals surface area contributed by atoms with Crippen LogP contribution < -0.4 is 25.2 Å². The van der Waals surface area contributed by atoms with Crippen LogP contribution in [0.5, 0.6) is 11.5 Å². The monoisotopic (exact) mass is 495 g/mol. The van der Waals surface area contributed by atoms with Crippen LogP contribution in [-0.4, -0.2) is 31.4 Å². The number of nitrogens with zero attached hydrogens (tertiary/aromatic N) is 1. The molecule has 10 heteroatoms. The van der Waals surface area contributed by atoms with E-state index in [1.54, 1.807) is 30.3 Å². The van der Waals surface area contributed by atoms with Crippen molar-refractivity contribution in [2.45, 2.75) is 0 Å². The lowest BCUT2D eigenvalue weighted by Crippen LogP contribution is -2.35. The Bertz CT molecular complexity index is 1310. The lowest BCUT2D eigenvalue weighted by molar-refractivity contribution is -0.118. The van der Waals surface area contributed by atoms with Crippen molar-refractivity contribution < 1.29 is 28.2 Å². The summed E-state index contributed by atoms with van der Waals surface area (Å²) in [5.74, 6) is -1.69. The van der Waals surface area contributed by atoms with Gasteiger partial charge >= 0.3 is 0 Å². The Labute approximate surface area is 204 Å². The number of amides is 3. The first kappa shape index (κ1) is 23.8. The zero-order chi connectivity index (χ0) is 24.9. The first-order valence-electron chi connectivity index (χ1n) is 10.3. The number of methoxy groups -OCH3 is 1. The summed E-state index contributed by atoms with van der Waals surface area (Å²) in [4.78, 5) is 37.4. The predicted octanol–water partition coefficient (Wildman–Crippen LogP) is 3.97. The van der Waals surface area contributed by atoms with Crippen LogP contribution in [0.3, 0.4) is 0 Å². The Morgan fingerprint density at radius 1 is 1.11 bits per heavy atom. The number of rotatable bonds is 7. The minimum absolute atomic E-state index is 0.0840. The van der Waals surface area contributed by atoms with E-state index < -0.39 is 23.5 Å². The molecule has 1 fully saturated rings. The number of hydrazine groups is 1. The molecule has 3 aromatic carbocycles. The number of hydrogen-bond acceptors (Lipinski definition) is 5. The van der Waals surface area contributed by atoms with Crippen LogP contribution in [0, 0.1) is 5.82 Å². The second-order valence-electron chi connectivity index (χ2n) is 7.35. The van der Waals surface area contributed by atoms with Gasteiger partial charge in [0.05, 0.1) is 17.8 Å². The molecule has 0 aromatic heterocycles. The zero-order valence-electron chi connectivity index (χ0n) is 18.4. The van der Waals surface area contributed by atoms with Crippen LogP contribution in [-0.2, 0) is 14.4 Å². The molecule has 1 heterocycles. The smallest absolute Gasteiger partial charge is 0.282 e. The molecule has 3 aromatic rings. The largest absolute Gasteiger partial charge is 0.493 e. The van der Waals surface area contributed by atoms with E-state index in [0.717, 1.165) is 5.01 Å². The summed E-state index contributed by atoms with van der Waals surface area (Å²) in [5, 5.41) is 3.84. The van der Waals surface area contributed by atoms with E-state index in [-0.39, 0.29) is 28.7 Å². The normalized spacial score (nSPS) is 14.1. The van der Waals surface area contributed by atoms with E-state index in [9.17, 15) is 18.8 Å². The van der Waals surface area contributed by atoms with Crippen molar-refractivity contribution in [1.82, 2.24) is 5.43 Å². The maximum atomic E-state index is 13.0. The molecule has 1 saturated heterocycles. The summed E-state index contributed by atoms with van der Waals surface area (Å²) in [6, 6.07) is 17.0. The van der Waals surface area contributed by atoms with Gasteiger partial charge in [-0.2, -0.15) is 0 Å². The lowest BCUT2D eigenvalue weighted by atomic mass is 10.1. The molecule has 35 heavy (non-hydrogen) atoms. The molecule has 0 atom stereocenters. The summed E-state index contributed by atoms with van der Waals surface area (Å²) in [5.41, 5.74) is 3.79. The summed E-state index contributed by atoms with van der Waals surface area (Å²) in [6.45, 7) is -0.388. The molecule has 1 aliphatic heterocycles. The number of para-hydroxylation sites is 1. The maximum Gasteiger partial charge on any atom is 0.282 e. The lowest BCUT2D eigenvalue weighted by Gasteiger charge is -2.14. The number of nitrogens with one attached hydrogen (secondary N) is 2. The van der Waals surface area contributed by atoms with Crippen molar-refractivity contribution in [3.8, 4) is 11.5 Å². The van der Waals surface area contributed by atoms with Crippen molar-refractivity contribution in [3.05, 3.63) is 88.7 Å². The molecular formula is C25H19ClFN3O5. The van der Waals surface area contributed by atoms with Crippen molar-refractivity contribution >= 4 is 46.8 Å². The first-order chi connectivity index (χ1) is 16.9. The highest BCUT2D eigenvalue weighted by atomic mass is 35.5. The molecule has 0 aliphatic carbocycles. The summed E-state index contributed by atoms with van der Waals surface area (Å²) >= 11 is 6.35. The zero-order valence-corrected chi connectivity index (χ0v) is 19.1. The van der Waals surface area contributed by atoms with Gasteiger partial charge in [-0.3, -0.25) is 19.8 Å². The van der Waals surface area contributed by atoms with Crippen molar-refractivity contribution in [2.75, 3.05) is 24.0 Å². The van der Waals surface area contributed by atoms with Gasteiger partial charge in [-0.25, -0.2) is 9.40 Å². The third-order valence-corrected chi connectivity index (χ3v) is 5.22. The highest BCUT2D eigenvalue weighted by molar-refractivity contribution is 6.33. The SMILES string of the molecule is COc1cc(/C=C2/C(=O)NN(c3ccccc3)C2=O)cc(Cl)c1OCC(=O)Nc1ccc(F)cc1. The Morgan fingerprint density at radius 2 is 1.83 bits per heavy atom. The molecule has 3 amide bonds. The molecule has 0 bridgehead atoms. The summed E-state index contributed by atoms with van der Waals surface area (Å²) in [6.07, 6.45) is 1.39. The standard InChI is InChI=1S/C25H19ClFN3O5/c1-34-21-13-15(11-19-24(32)29-30(25(19)33)18-5-3-2-4-6-18)12-20(26)23(21)35-14-22(31)28-17-9-7-16(27)8-10-17/h2-13H,14H2,1H3,(H,28,31)(H,29,32)/b19-11-. The number of anilines is 2. The van der Waals surface area contributed by atoms with Crippen LogP contribution in [0.15, 0.2) is 72.3 Å². The molecule has 8 nitrogen and oxygen atoms in total. The van der Waals surface area contributed by atoms with E-state index in [4.69, 9.17) is 21.1 Å². The topological polar surface area (TPSA) is 97.0 Å². The van der Waals surface area contributed by atoms with E-state index in [1.807, 2.05) is 0 Å². The fraction of sp³-hybridized carbons (Fsp3) is 0.0800. The molecule has 2 N–H and O–H groups in total. The second-order valence-corrected chi connectivity index (χ2v) is 7.76. The van der Waals surface area contributed by atoms with Crippen LogP contribution in [0.2, 0.25) is 5.02 Å². The number of carbonyl (C=O) groups is 3. The summed E-state index contributed by atoms with van der Waals surface area (Å²) in [7, 11) is 1.39. The molecule has 1 aliphatic rings. The van der Waals surface area contributed by atoms with Crippen molar-refractivity contribution in [1.29, 1.82) is 0 Å². The van der Waals surface area contributed by atoms with Crippen LogP contribution >= 0.6 is 11.6 Å². The van der Waals surface area contributed by atoms with Gasteiger partial charge in [0.15, 0.2) is 18.1 Å². The van der Waals surface area contributed by atoms with Gasteiger partial charge in [0.1, 0.15) is 11.4 Å². The highest BCUT2D eigenvalue weighted by Gasteiger charge is 2.34. The van der Waals surface area contributed by atoms with E-state index in [0.29, 0.717) is 16.9 Å². The predicted molar refractivity (Wildman–Crippen MR) is 129 cm³/mol. The Morgan fingerprint density at radius 3 is 2.51 bits per heavy atom. The maximum absolute atomic E-state index is 13.0. The quantitative estimate of drug-likeness (QED) is 0.382. The number of hydrogen-bond donors (Lipinski definition) is 2. The molecule has 0 spiro atoms. The van der Waals surface area contributed by atoms with Gasteiger partial charge in [-0.15, -0.1) is 0 Å². The average molecular weight is 496 g/mol. The molecule has 0 radical (unpaired) electrons. The van der Waals surface area contributed by atoms with Gasteiger partial charge in [0.25, 0.3) is 17.7 Å². The second kappa shape index (κ2) is 10.3. The third kappa shape index (κ3) is 5.42. The van der Waals surface area contributed by atoms with Gasteiger partial charge in [-0.05, 0) is 60.2 Å². The van der Waals surface area contributed by atoms with Gasteiger partial charge in [0, 0.05) is 5.69 Å². The van der Waals surface area contributed by atoms with Crippen LogP contribution in [0.4, 0.5) is 15.8 Å². The van der Waals surface area contributed by atoms with Gasteiger partial charge in [-0.1, -0.05) is 29.8 Å². The van der Waals surface area contributed by atoms with E-state index in [1.165, 1.54) is 49.6 Å². The van der Waals surface area contributed by atoms with Crippen LogP contribution in [0.1, 0.15) is 5.56 Å². The number of benzene rings is 3. The molecule has 0 unspecified atom stereocenters. The highest BCUT2D eigenvalue weighted by Crippen LogP contribution is 2.37. The van der Waals surface area contributed by atoms with Gasteiger partial charge < -0.3 is 14.8 Å². The minimum atomic E-state index is -0.563. The number of ether oxygens (including phenoxy) is 2. The fourth-order valence-electron chi connectivity index (χ4n) is 3.31. The minimum Gasteiger partial charge on any atom is -0.493 e. The molecule has 4 rings (SSSR count). The Kier molecular flexibility index (Phi) is 6.98. The molecule has 0 saturated carbocycles. The van der Waals surface area contributed by atoms with E-state index >= 15 is 0 Å². The van der Waals surface area contributed by atoms with Crippen LogP contribution in [0.25, 0.3) is 6.08 Å². The summed E-state index contributed by atoms with van der Waals surface area (Å²) < 4.78 is 23.9. The van der Waals surface area contributed by atoms with Crippen molar-refractivity contribution in [2.24, 2.45) is 0 Å². The van der Waals surface area contributed by atoms with Crippen molar-refractivity contribution in [3.63, 3.8) is 0 Å².